The molecule has 0 saturated heterocycles. The minimum absolute atomic E-state index is 0.0399. The average molecular weight is 360 g/mol. The number of aliphatic carboxylic acids is 1. The molecule has 0 aromatic heterocycles. The van der Waals surface area contributed by atoms with Gasteiger partial charge < -0.3 is 10.4 Å². The molecule has 1 aromatic carbocycles. The summed E-state index contributed by atoms with van der Waals surface area (Å²) in [5.74, 6) is -3.84. The van der Waals surface area contributed by atoms with Crippen LogP contribution in [0.15, 0.2) is 30.4 Å². The number of rotatable bonds is 3. The van der Waals surface area contributed by atoms with Crippen LogP contribution in [-0.2, 0) is 15.8 Å². The Morgan fingerprint density at radius 3 is 2.38 bits per heavy atom. The van der Waals surface area contributed by atoms with Gasteiger partial charge in [-0.25, -0.2) is 0 Å². The standard InChI is InChI=1S/C16H13ClF3NO3/c17-10-4-3-9(16(18,19)20)6-11(10)21-14(22)12-7-1-2-8(5-7)13(12)15(23)24/h1-4,6-8,12-13H,5H2,(H,21,22)(H,23,24)/t7-,8+,12+,13-/m0/s1. The molecule has 0 heterocycles. The summed E-state index contributed by atoms with van der Waals surface area (Å²) in [4.78, 5) is 23.9. The van der Waals surface area contributed by atoms with Crippen molar-refractivity contribution < 1.29 is 27.9 Å². The fourth-order valence-electron chi connectivity index (χ4n) is 3.53. The van der Waals surface area contributed by atoms with E-state index in [2.05, 4.69) is 5.32 Å². The summed E-state index contributed by atoms with van der Waals surface area (Å²) < 4.78 is 38.4. The lowest BCUT2D eigenvalue weighted by Gasteiger charge is -2.24. The van der Waals surface area contributed by atoms with Crippen molar-refractivity contribution in [2.45, 2.75) is 12.6 Å². The monoisotopic (exact) mass is 359 g/mol. The van der Waals surface area contributed by atoms with Crippen LogP contribution >= 0.6 is 11.6 Å². The van der Waals surface area contributed by atoms with Gasteiger partial charge in [0, 0.05) is 0 Å². The number of alkyl halides is 3. The number of anilines is 1. The van der Waals surface area contributed by atoms with Gasteiger partial charge >= 0.3 is 12.1 Å². The number of fused-ring (bicyclic) bond motifs is 2. The van der Waals surface area contributed by atoms with Crippen LogP contribution in [0.4, 0.5) is 18.9 Å². The molecule has 0 radical (unpaired) electrons. The number of carboxylic acids is 1. The summed E-state index contributed by atoms with van der Waals surface area (Å²) in [6.45, 7) is 0. The Labute approximate surface area is 140 Å². The molecule has 24 heavy (non-hydrogen) atoms. The van der Waals surface area contributed by atoms with Crippen molar-refractivity contribution in [1.82, 2.24) is 0 Å². The number of amides is 1. The van der Waals surface area contributed by atoms with Crippen LogP contribution in [0.1, 0.15) is 12.0 Å². The SMILES string of the molecule is O=C(O)[C@@H]1[C@H](C(=O)Nc2cc(C(F)(F)F)ccc2Cl)[C@H]2C=C[C@@H]1C2. The van der Waals surface area contributed by atoms with Crippen molar-refractivity contribution in [2.75, 3.05) is 5.32 Å². The molecular formula is C16H13ClF3NO3. The van der Waals surface area contributed by atoms with E-state index in [0.29, 0.717) is 6.42 Å². The number of carbonyl (C=O) groups excluding carboxylic acids is 1. The van der Waals surface area contributed by atoms with Gasteiger partial charge in [-0.2, -0.15) is 13.2 Å². The highest BCUT2D eigenvalue weighted by Crippen LogP contribution is 2.48. The quantitative estimate of drug-likeness (QED) is 0.806. The Hall–Kier alpha value is -2.02. The summed E-state index contributed by atoms with van der Waals surface area (Å²) >= 11 is 5.86. The summed E-state index contributed by atoms with van der Waals surface area (Å²) in [5, 5.41) is 11.7. The van der Waals surface area contributed by atoms with Gasteiger partial charge in [-0.1, -0.05) is 23.8 Å². The van der Waals surface area contributed by atoms with E-state index in [-0.39, 0.29) is 22.5 Å². The largest absolute Gasteiger partial charge is 0.481 e. The number of nitrogens with one attached hydrogen (secondary N) is 1. The Morgan fingerprint density at radius 1 is 1.17 bits per heavy atom. The van der Waals surface area contributed by atoms with Gasteiger partial charge in [0.05, 0.1) is 28.1 Å². The molecule has 0 aliphatic heterocycles. The normalized spacial score (nSPS) is 28.2. The third kappa shape index (κ3) is 2.88. The smallest absolute Gasteiger partial charge is 0.416 e. The zero-order valence-corrected chi connectivity index (χ0v) is 12.9. The van der Waals surface area contributed by atoms with Gasteiger partial charge in [0.15, 0.2) is 0 Å². The van der Waals surface area contributed by atoms with Crippen LogP contribution in [-0.4, -0.2) is 17.0 Å². The van der Waals surface area contributed by atoms with Gasteiger partial charge in [-0.15, -0.1) is 0 Å². The molecule has 1 fully saturated rings. The summed E-state index contributed by atoms with van der Waals surface area (Å²) in [5.41, 5.74) is -1.11. The van der Waals surface area contributed by atoms with Crippen LogP contribution in [0.25, 0.3) is 0 Å². The second-order valence-corrected chi connectivity index (χ2v) is 6.43. The molecule has 2 bridgehead atoms. The van der Waals surface area contributed by atoms with Crippen LogP contribution < -0.4 is 5.32 Å². The third-order valence-electron chi connectivity index (χ3n) is 4.60. The lowest BCUT2D eigenvalue weighted by molar-refractivity contribution is -0.146. The van der Waals surface area contributed by atoms with Gasteiger partial charge in [0.1, 0.15) is 0 Å². The number of carbonyl (C=O) groups is 2. The maximum atomic E-state index is 12.8. The first-order valence-corrected chi connectivity index (χ1v) is 7.65. The van der Waals surface area contributed by atoms with Crippen LogP contribution in [0.2, 0.25) is 5.02 Å². The van der Waals surface area contributed by atoms with Crippen molar-refractivity contribution in [1.29, 1.82) is 0 Å². The first kappa shape index (κ1) is 16.8. The van der Waals surface area contributed by atoms with E-state index >= 15 is 0 Å². The summed E-state index contributed by atoms with van der Waals surface area (Å²) in [6.07, 6.45) is -0.430. The zero-order chi connectivity index (χ0) is 17.6. The minimum atomic E-state index is -4.57. The van der Waals surface area contributed by atoms with Crippen molar-refractivity contribution in [3.05, 3.63) is 40.9 Å². The van der Waals surface area contributed by atoms with E-state index < -0.39 is 35.5 Å². The Bertz CT molecular complexity index is 732. The lowest BCUT2D eigenvalue weighted by atomic mass is 9.82. The second-order valence-electron chi connectivity index (χ2n) is 6.02. The molecule has 2 aliphatic rings. The Morgan fingerprint density at radius 2 is 1.79 bits per heavy atom. The maximum Gasteiger partial charge on any atom is 0.416 e. The average Bonchev–Trinajstić information content (AvgIpc) is 3.08. The molecule has 4 nitrogen and oxygen atoms in total. The molecule has 2 aliphatic carbocycles. The number of benzene rings is 1. The Kier molecular flexibility index (Phi) is 4.07. The van der Waals surface area contributed by atoms with Gasteiger partial charge in [0.25, 0.3) is 0 Å². The molecule has 3 rings (SSSR count). The first-order chi connectivity index (χ1) is 11.2. The summed E-state index contributed by atoms with van der Waals surface area (Å²) in [7, 11) is 0. The fourth-order valence-corrected chi connectivity index (χ4v) is 3.69. The number of hydrogen-bond donors (Lipinski definition) is 2. The van der Waals surface area contributed by atoms with Crippen LogP contribution in [0.3, 0.4) is 0 Å². The highest BCUT2D eigenvalue weighted by molar-refractivity contribution is 6.33. The highest BCUT2D eigenvalue weighted by atomic mass is 35.5. The first-order valence-electron chi connectivity index (χ1n) is 7.27. The zero-order valence-electron chi connectivity index (χ0n) is 12.2. The predicted octanol–water partition coefficient (Wildman–Crippen LogP) is 3.82. The van der Waals surface area contributed by atoms with E-state index in [1.54, 1.807) is 12.2 Å². The number of halogens is 4. The van der Waals surface area contributed by atoms with Gasteiger partial charge in [-0.05, 0) is 36.5 Å². The molecule has 8 heteroatoms. The number of hydrogen-bond acceptors (Lipinski definition) is 2. The van der Waals surface area contributed by atoms with E-state index in [4.69, 9.17) is 11.6 Å². The van der Waals surface area contributed by atoms with Crippen LogP contribution in [0.5, 0.6) is 0 Å². The molecule has 1 aromatic rings. The van der Waals surface area contributed by atoms with E-state index in [1.807, 2.05) is 0 Å². The molecule has 0 unspecified atom stereocenters. The predicted molar refractivity (Wildman–Crippen MR) is 80.4 cm³/mol. The van der Waals surface area contributed by atoms with E-state index in [0.717, 1.165) is 18.2 Å². The fraction of sp³-hybridized carbons (Fsp3) is 0.375. The number of carboxylic acid groups (broad SMARTS) is 1. The van der Waals surface area contributed by atoms with E-state index in [9.17, 15) is 27.9 Å². The maximum absolute atomic E-state index is 12.8. The van der Waals surface area contributed by atoms with Gasteiger partial charge in [0.2, 0.25) is 5.91 Å². The lowest BCUT2D eigenvalue weighted by Crippen LogP contribution is -2.36. The van der Waals surface area contributed by atoms with Crippen molar-refractivity contribution >= 4 is 29.2 Å². The molecule has 0 spiro atoms. The summed E-state index contributed by atoms with van der Waals surface area (Å²) in [6, 6.07) is 2.62. The van der Waals surface area contributed by atoms with Crippen LogP contribution in [0, 0.1) is 23.7 Å². The topological polar surface area (TPSA) is 66.4 Å². The molecule has 1 amide bonds. The second kappa shape index (κ2) is 5.81. The third-order valence-corrected chi connectivity index (χ3v) is 4.93. The van der Waals surface area contributed by atoms with Gasteiger partial charge in [-0.3, -0.25) is 9.59 Å². The van der Waals surface area contributed by atoms with Crippen molar-refractivity contribution in [3.8, 4) is 0 Å². The van der Waals surface area contributed by atoms with Crippen molar-refractivity contribution in [2.24, 2.45) is 23.7 Å². The minimum Gasteiger partial charge on any atom is -0.481 e. The Balaban J connectivity index is 1.85. The molecule has 2 N–H and O–H groups in total. The molecule has 4 atom stereocenters. The molecule has 1 saturated carbocycles. The highest BCUT2D eigenvalue weighted by Gasteiger charge is 2.51. The molecular weight excluding hydrogens is 347 g/mol. The molecule has 128 valence electrons. The number of allylic oxidation sites excluding steroid dienone is 2. The van der Waals surface area contributed by atoms with Crippen molar-refractivity contribution in [3.63, 3.8) is 0 Å². The van der Waals surface area contributed by atoms with E-state index in [1.165, 1.54) is 0 Å².